The van der Waals surface area contributed by atoms with E-state index in [1.54, 1.807) is 0 Å². The van der Waals surface area contributed by atoms with E-state index in [4.69, 9.17) is 0 Å². The maximum absolute atomic E-state index is 9.25. The number of likely N-dealkylation sites (tertiary alicyclic amines) is 1. The Kier molecular flexibility index (Phi) is 5.45. The van der Waals surface area contributed by atoms with E-state index in [-0.39, 0.29) is 12.7 Å². The molecule has 2 atom stereocenters. The zero-order valence-electron chi connectivity index (χ0n) is 9.15. The van der Waals surface area contributed by atoms with Crippen LogP contribution in [0.1, 0.15) is 39.0 Å². The van der Waals surface area contributed by atoms with Gasteiger partial charge in [0.05, 0.1) is 12.7 Å². The van der Waals surface area contributed by atoms with Gasteiger partial charge in [0.15, 0.2) is 0 Å². The summed E-state index contributed by atoms with van der Waals surface area (Å²) in [6.45, 7) is 4.09. The van der Waals surface area contributed by atoms with Crippen molar-refractivity contribution in [2.24, 2.45) is 0 Å². The van der Waals surface area contributed by atoms with Crippen LogP contribution in [0.25, 0.3) is 0 Å². The van der Waals surface area contributed by atoms with E-state index in [1.165, 1.54) is 19.3 Å². The quantitative estimate of drug-likeness (QED) is 0.713. The molecule has 0 spiro atoms. The fraction of sp³-hybridized carbons (Fsp3) is 1.00. The second kappa shape index (κ2) is 6.38. The van der Waals surface area contributed by atoms with Crippen LogP contribution in [0, 0.1) is 0 Å². The summed E-state index contributed by atoms with van der Waals surface area (Å²) in [7, 11) is 0. The Morgan fingerprint density at radius 1 is 1.36 bits per heavy atom. The van der Waals surface area contributed by atoms with E-state index in [9.17, 15) is 10.2 Å². The van der Waals surface area contributed by atoms with Crippen LogP contribution >= 0.6 is 0 Å². The monoisotopic (exact) mass is 201 g/mol. The van der Waals surface area contributed by atoms with Crippen LogP contribution in [0.5, 0.6) is 0 Å². The second-order valence-electron chi connectivity index (χ2n) is 4.36. The Morgan fingerprint density at radius 2 is 2.14 bits per heavy atom. The first-order chi connectivity index (χ1) is 6.74. The number of nitrogens with zero attached hydrogens (tertiary/aromatic N) is 1. The Morgan fingerprint density at radius 3 is 2.79 bits per heavy atom. The molecule has 3 heteroatoms. The molecule has 0 amide bonds. The minimum Gasteiger partial charge on any atom is -0.395 e. The molecule has 0 aliphatic carbocycles. The van der Waals surface area contributed by atoms with E-state index >= 15 is 0 Å². The van der Waals surface area contributed by atoms with Crippen LogP contribution in [-0.2, 0) is 0 Å². The molecule has 0 saturated carbocycles. The predicted molar refractivity (Wildman–Crippen MR) is 57.2 cm³/mol. The van der Waals surface area contributed by atoms with E-state index in [2.05, 4.69) is 4.90 Å². The highest BCUT2D eigenvalue weighted by Crippen LogP contribution is 2.16. The first-order valence-electron chi connectivity index (χ1n) is 5.77. The molecule has 0 aromatic rings. The zero-order chi connectivity index (χ0) is 10.4. The molecule has 1 heterocycles. The zero-order valence-corrected chi connectivity index (χ0v) is 9.15. The molecule has 1 fully saturated rings. The molecule has 14 heavy (non-hydrogen) atoms. The minimum atomic E-state index is -0.224. The van der Waals surface area contributed by atoms with Crippen LogP contribution in [0.2, 0.25) is 0 Å². The molecule has 0 radical (unpaired) electrons. The Balaban J connectivity index is 2.36. The topological polar surface area (TPSA) is 43.7 Å². The van der Waals surface area contributed by atoms with Gasteiger partial charge >= 0.3 is 0 Å². The Bertz CT molecular complexity index is 150. The summed E-state index contributed by atoms with van der Waals surface area (Å²) in [6, 6.07) is 0.330. The highest BCUT2D eigenvalue weighted by molar-refractivity contribution is 4.75. The van der Waals surface area contributed by atoms with Crippen molar-refractivity contribution in [1.82, 2.24) is 4.90 Å². The molecular weight excluding hydrogens is 178 g/mol. The van der Waals surface area contributed by atoms with Gasteiger partial charge in [0.25, 0.3) is 0 Å². The highest BCUT2D eigenvalue weighted by atomic mass is 16.3. The first kappa shape index (κ1) is 12.0. The fourth-order valence-corrected chi connectivity index (χ4v) is 2.09. The second-order valence-corrected chi connectivity index (χ2v) is 4.36. The van der Waals surface area contributed by atoms with Gasteiger partial charge in [-0.25, -0.2) is 0 Å². The molecule has 3 nitrogen and oxygen atoms in total. The standard InChI is InChI=1S/C11H23NO2/c1-10(14)6-8-12-7-4-2-3-5-11(12)9-13/h10-11,13-14H,2-9H2,1H3. The van der Waals surface area contributed by atoms with Gasteiger partial charge < -0.3 is 10.2 Å². The molecule has 0 aromatic carbocycles. The molecule has 1 saturated heterocycles. The SMILES string of the molecule is CC(O)CCN1CCCCCC1CO. The van der Waals surface area contributed by atoms with Gasteiger partial charge in [-0.2, -0.15) is 0 Å². The molecule has 2 N–H and O–H groups in total. The van der Waals surface area contributed by atoms with Crippen LogP contribution in [0.15, 0.2) is 0 Å². The van der Waals surface area contributed by atoms with Crippen LogP contribution < -0.4 is 0 Å². The summed E-state index contributed by atoms with van der Waals surface area (Å²) in [5.74, 6) is 0. The van der Waals surface area contributed by atoms with Crippen molar-refractivity contribution >= 4 is 0 Å². The van der Waals surface area contributed by atoms with Gasteiger partial charge in [-0.15, -0.1) is 0 Å². The van der Waals surface area contributed by atoms with Gasteiger partial charge in [-0.3, -0.25) is 4.90 Å². The van der Waals surface area contributed by atoms with Gasteiger partial charge in [0.2, 0.25) is 0 Å². The summed E-state index contributed by atoms with van der Waals surface area (Å²) in [6.07, 6.45) is 5.44. The van der Waals surface area contributed by atoms with Crippen LogP contribution in [0.4, 0.5) is 0 Å². The third-order valence-electron chi connectivity index (χ3n) is 3.04. The van der Waals surface area contributed by atoms with Gasteiger partial charge in [0.1, 0.15) is 0 Å². The van der Waals surface area contributed by atoms with E-state index in [0.717, 1.165) is 25.9 Å². The lowest BCUT2D eigenvalue weighted by atomic mass is 10.1. The average molecular weight is 201 g/mol. The number of hydrogen-bond donors (Lipinski definition) is 2. The van der Waals surface area contributed by atoms with Crippen LogP contribution in [-0.4, -0.2) is 47.0 Å². The molecule has 1 rings (SSSR count). The third-order valence-corrected chi connectivity index (χ3v) is 3.04. The van der Waals surface area contributed by atoms with Crippen molar-refractivity contribution in [1.29, 1.82) is 0 Å². The van der Waals surface area contributed by atoms with Crippen molar-refractivity contribution in [2.75, 3.05) is 19.7 Å². The lowest BCUT2D eigenvalue weighted by Gasteiger charge is -2.28. The number of aliphatic hydroxyl groups excluding tert-OH is 2. The van der Waals surface area contributed by atoms with Crippen molar-refractivity contribution in [2.45, 2.75) is 51.2 Å². The van der Waals surface area contributed by atoms with Crippen LogP contribution in [0.3, 0.4) is 0 Å². The Hall–Kier alpha value is -0.120. The average Bonchev–Trinajstić information content (AvgIpc) is 2.38. The van der Waals surface area contributed by atoms with E-state index in [1.807, 2.05) is 6.92 Å². The van der Waals surface area contributed by atoms with Crippen molar-refractivity contribution in [3.8, 4) is 0 Å². The smallest absolute Gasteiger partial charge is 0.0586 e. The molecule has 1 aliphatic rings. The summed E-state index contributed by atoms with van der Waals surface area (Å²) in [5.41, 5.74) is 0. The summed E-state index contributed by atoms with van der Waals surface area (Å²) in [5, 5.41) is 18.5. The highest BCUT2D eigenvalue weighted by Gasteiger charge is 2.19. The van der Waals surface area contributed by atoms with Gasteiger partial charge in [-0.1, -0.05) is 12.8 Å². The largest absolute Gasteiger partial charge is 0.395 e. The molecule has 84 valence electrons. The summed E-state index contributed by atoms with van der Waals surface area (Å²) in [4.78, 5) is 2.33. The third kappa shape index (κ3) is 3.95. The normalized spacial score (nSPS) is 27.2. The minimum absolute atomic E-state index is 0.224. The van der Waals surface area contributed by atoms with Crippen molar-refractivity contribution in [3.05, 3.63) is 0 Å². The first-order valence-corrected chi connectivity index (χ1v) is 5.77. The summed E-state index contributed by atoms with van der Waals surface area (Å²) >= 11 is 0. The maximum atomic E-state index is 9.25. The molecule has 2 unspecified atom stereocenters. The van der Waals surface area contributed by atoms with Gasteiger partial charge in [-0.05, 0) is 32.7 Å². The summed E-state index contributed by atoms with van der Waals surface area (Å²) < 4.78 is 0. The molecule has 0 aromatic heterocycles. The van der Waals surface area contributed by atoms with Crippen molar-refractivity contribution in [3.63, 3.8) is 0 Å². The Labute approximate surface area is 86.7 Å². The maximum Gasteiger partial charge on any atom is 0.0586 e. The lowest BCUT2D eigenvalue weighted by molar-refractivity contribution is 0.100. The number of hydrogen-bond acceptors (Lipinski definition) is 3. The fourth-order valence-electron chi connectivity index (χ4n) is 2.09. The predicted octanol–water partition coefficient (Wildman–Crippen LogP) is 0.994. The number of rotatable bonds is 4. The van der Waals surface area contributed by atoms with E-state index in [0.29, 0.717) is 6.04 Å². The van der Waals surface area contributed by atoms with E-state index < -0.39 is 0 Å². The molecule has 0 bridgehead atoms. The number of aliphatic hydroxyl groups is 2. The lowest BCUT2D eigenvalue weighted by Crippen LogP contribution is -2.39. The molecule has 1 aliphatic heterocycles. The van der Waals surface area contributed by atoms with Gasteiger partial charge in [0, 0.05) is 12.6 Å². The van der Waals surface area contributed by atoms with Crippen molar-refractivity contribution < 1.29 is 10.2 Å². The molecular formula is C11H23NO2.